The Morgan fingerprint density at radius 3 is 2.36 bits per heavy atom. The standard InChI is InChI=1S/C18H19N3O4/c1-21-18(22)19-17(20-21)13-5-4-6-14(9-13)25-11-12-7-15(23-2)10-16(8-12)24-3/h4-10H,11H2,1-3H3,(H,19,20,22). The molecule has 0 amide bonds. The zero-order valence-electron chi connectivity index (χ0n) is 14.3. The summed E-state index contributed by atoms with van der Waals surface area (Å²) in [6, 6.07) is 13.0. The van der Waals surface area contributed by atoms with Crippen LogP contribution in [-0.2, 0) is 13.7 Å². The number of benzene rings is 2. The van der Waals surface area contributed by atoms with Crippen molar-refractivity contribution in [2.24, 2.45) is 7.05 Å². The largest absolute Gasteiger partial charge is 0.497 e. The summed E-state index contributed by atoms with van der Waals surface area (Å²) >= 11 is 0. The molecule has 0 aliphatic carbocycles. The average Bonchev–Trinajstić information content (AvgIpc) is 2.98. The number of hydrogen-bond donors (Lipinski definition) is 1. The minimum Gasteiger partial charge on any atom is -0.497 e. The van der Waals surface area contributed by atoms with Gasteiger partial charge in [0.25, 0.3) is 0 Å². The van der Waals surface area contributed by atoms with Gasteiger partial charge in [0, 0.05) is 18.7 Å². The molecule has 0 radical (unpaired) electrons. The first-order valence-electron chi connectivity index (χ1n) is 7.67. The number of hydrogen-bond acceptors (Lipinski definition) is 5. The Balaban J connectivity index is 1.78. The molecular formula is C18H19N3O4. The predicted octanol–water partition coefficient (Wildman–Crippen LogP) is 2.37. The van der Waals surface area contributed by atoms with E-state index in [-0.39, 0.29) is 5.69 Å². The Labute approximate surface area is 144 Å². The number of aromatic amines is 1. The number of ether oxygens (including phenoxy) is 3. The maximum Gasteiger partial charge on any atom is 0.343 e. The number of methoxy groups -OCH3 is 2. The van der Waals surface area contributed by atoms with Gasteiger partial charge in [-0.1, -0.05) is 12.1 Å². The summed E-state index contributed by atoms with van der Waals surface area (Å²) in [4.78, 5) is 14.2. The molecule has 2 aromatic carbocycles. The quantitative estimate of drug-likeness (QED) is 0.745. The smallest absolute Gasteiger partial charge is 0.343 e. The zero-order valence-corrected chi connectivity index (χ0v) is 14.3. The van der Waals surface area contributed by atoms with Crippen LogP contribution in [0.1, 0.15) is 5.56 Å². The van der Waals surface area contributed by atoms with Crippen molar-refractivity contribution in [1.82, 2.24) is 14.8 Å². The van der Waals surface area contributed by atoms with Crippen molar-refractivity contribution in [2.45, 2.75) is 6.61 Å². The third kappa shape index (κ3) is 3.82. The second kappa shape index (κ2) is 7.12. The Bertz CT molecular complexity index is 908. The highest BCUT2D eigenvalue weighted by Gasteiger charge is 2.07. The zero-order chi connectivity index (χ0) is 17.8. The number of nitrogens with zero attached hydrogens (tertiary/aromatic N) is 2. The van der Waals surface area contributed by atoms with Gasteiger partial charge >= 0.3 is 5.69 Å². The minimum atomic E-state index is -0.259. The van der Waals surface area contributed by atoms with E-state index in [9.17, 15) is 4.79 Å². The summed E-state index contributed by atoms with van der Waals surface area (Å²) in [6.07, 6.45) is 0. The molecule has 0 unspecified atom stereocenters. The summed E-state index contributed by atoms with van der Waals surface area (Å²) in [5.74, 6) is 2.59. The third-order valence-electron chi connectivity index (χ3n) is 3.69. The third-order valence-corrected chi connectivity index (χ3v) is 3.69. The van der Waals surface area contributed by atoms with Gasteiger partial charge in [-0.05, 0) is 29.8 Å². The van der Waals surface area contributed by atoms with Crippen molar-refractivity contribution >= 4 is 0 Å². The molecule has 0 atom stereocenters. The lowest BCUT2D eigenvalue weighted by molar-refractivity contribution is 0.304. The number of nitrogens with one attached hydrogen (secondary N) is 1. The van der Waals surface area contributed by atoms with E-state index in [2.05, 4.69) is 10.1 Å². The lowest BCUT2D eigenvalue weighted by atomic mass is 10.2. The SMILES string of the molecule is COc1cc(COc2cccc(-c3nn(C)c(=O)[nH]3)c2)cc(OC)c1. The molecule has 0 aliphatic rings. The van der Waals surface area contributed by atoms with Crippen LogP contribution >= 0.6 is 0 Å². The fourth-order valence-electron chi connectivity index (χ4n) is 2.38. The minimum absolute atomic E-state index is 0.259. The molecule has 0 saturated carbocycles. The Morgan fingerprint density at radius 1 is 1.04 bits per heavy atom. The first-order chi connectivity index (χ1) is 12.1. The van der Waals surface area contributed by atoms with Gasteiger partial charge < -0.3 is 14.2 Å². The van der Waals surface area contributed by atoms with Crippen molar-refractivity contribution in [3.05, 3.63) is 58.5 Å². The van der Waals surface area contributed by atoms with Crippen molar-refractivity contribution in [2.75, 3.05) is 14.2 Å². The van der Waals surface area contributed by atoms with Crippen LogP contribution in [0.4, 0.5) is 0 Å². The van der Waals surface area contributed by atoms with Crippen LogP contribution < -0.4 is 19.9 Å². The monoisotopic (exact) mass is 341 g/mol. The van der Waals surface area contributed by atoms with Gasteiger partial charge in [0.1, 0.15) is 23.9 Å². The second-order valence-electron chi connectivity index (χ2n) is 5.44. The summed E-state index contributed by atoms with van der Waals surface area (Å²) in [5, 5.41) is 4.15. The van der Waals surface area contributed by atoms with E-state index in [0.717, 1.165) is 11.1 Å². The Kier molecular flexibility index (Phi) is 4.74. The highest BCUT2D eigenvalue weighted by molar-refractivity contribution is 5.56. The molecule has 1 aromatic heterocycles. The molecule has 0 fully saturated rings. The van der Waals surface area contributed by atoms with Crippen molar-refractivity contribution < 1.29 is 14.2 Å². The summed E-state index contributed by atoms with van der Waals surface area (Å²) in [5.41, 5.74) is 1.44. The number of aryl methyl sites for hydroxylation is 1. The summed E-state index contributed by atoms with van der Waals surface area (Å²) in [7, 11) is 4.81. The molecule has 3 rings (SSSR count). The van der Waals surface area contributed by atoms with Crippen LogP contribution in [0.2, 0.25) is 0 Å². The van der Waals surface area contributed by atoms with Gasteiger partial charge in [0.05, 0.1) is 14.2 Å². The van der Waals surface area contributed by atoms with Crippen LogP contribution in [0.3, 0.4) is 0 Å². The van der Waals surface area contributed by atoms with Gasteiger partial charge in [-0.25, -0.2) is 9.48 Å². The van der Waals surface area contributed by atoms with Crippen molar-refractivity contribution in [3.63, 3.8) is 0 Å². The van der Waals surface area contributed by atoms with Gasteiger partial charge in [-0.15, -0.1) is 0 Å². The molecule has 0 bridgehead atoms. The Morgan fingerprint density at radius 2 is 1.76 bits per heavy atom. The van der Waals surface area contributed by atoms with E-state index >= 15 is 0 Å². The van der Waals surface area contributed by atoms with E-state index in [4.69, 9.17) is 14.2 Å². The lowest BCUT2D eigenvalue weighted by Crippen LogP contribution is -2.13. The van der Waals surface area contributed by atoms with Crippen molar-refractivity contribution in [3.8, 4) is 28.6 Å². The maximum absolute atomic E-state index is 11.5. The lowest BCUT2D eigenvalue weighted by Gasteiger charge is -2.10. The van der Waals surface area contributed by atoms with Crippen LogP contribution in [-0.4, -0.2) is 29.0 Å². The molecule has 0 saturated heterocycles. The fourth-order valence-corrected chi connectivity index (χ4v) is 2.38. The molecule has 130 valence electrons. The molecule has 7 heteroatoms. The topological polar surface area (TPSA) is 78.4 Å². The molecule has 3 aromatic rings. The number of aromatic nitrogens is 3. The Hall–Kier alpha value is -3.22. The van der Waals surface area contributed by atoms with E-state index in [1.54, 1.807) is 21.3 Å². The highest BCUT2D eigenvalue weighted by atomic mass is 16.5. The first-order valence-corrected chi connectivity index (χ1v) is 7.67. The molecule has 0 aliphatic heterocycles. The first kappa shape index (κ1) is 16.6. The molecule has 7 nitrogen and oxygen atoms in total. The average molecular weight is 341 g/mol. The summed E-state index contributed by atoms with van der Waals surface area (Å²) < 4.78 is 17.6. The van der Waals surface area contributed by atoms with Crippen LogP contribution in [0, 0.1) is 0 Å². The van der Waals surface area contributed by atoms with Gasteiger partial charge in [-0.3, -0.25) is 4.98 Å². The molecule has 0 spiro atoms. The second-order valence-corrected chi connectivity index (χ2v) is 5.44. The van der Waals surface area contributed by atoms with Crippen LogP contribution in [0.5, 0.6) is 17.2 Å². The van der Waals surface area contributed by atoms with E-state index in [1.807, 2.05) is 42.5 Å². The van der Waals surface area contributed by atoms with Crippen LogP contribution in [0.25, 0.3) is 11.4 Å². The predicted molar refractivity (Wildman–Crippen MR) is 93.1 cm³/mol. The maximum atomic E-state index is 11.5. The van der Waals surface area contributed by atoms with E-state index in [1.165, 1.54) is 4.68 Å². The van der Waals surface area contributed by atoms with Crippen molar-refractivity contribution in [1.29, 1.82) is 0 Å². The van der Waals surface area contributed by atoms with Gasteiger partial charge in [-0.2, -0.15) is 5.10 Å². The molecular weight excluding hydrogens is 322 g/mol. The van der Waals surface area contributed by atoms with E-state index in [0.29, 0.717) is 29.7 Å². The van der Waals surface area contributed by atoms with Gasteiger partial charge in [0.2, 0.25) is 0 Å². The highest BCUT2D eigenvalue weighted by Crippen LogP contribution is 2.25. The molecule has 25 heavy (non-hydrogen) atoms. The summed E-state index contributed by atoms with van der Waals surface area (Å²) in [6.45, 7) is 0.357. The number of rotatable bonds is 6. The fraction of sp³-hybridized carbons (Fsp3) is 0.222. The van der Waals surface area contributed by atoms with Crippen LogP contribution in [0.15, 0.2) is 47.3 Å². The molecule has 1 heterocycles. The normalized spacial score (nSPS) is 10.5. The van der Waals surface area contributed by atoms with Gasteiger partial charge in [0.15, 0.2) is 5.82 Å². The van der Waals surface area contributed by atoms with E-state index < -0.39 is 0 Å². The number of H-pyrrole nitrogens is 1. The molecule has 1 N–H and O–H groups in total.